The molecule has 0 spiro atoms. The molecule has 1 aliphatic heterocycles. The number of amides is 1. The molecule has 1 aromatic heterocycles. The van der Waals surface area contributed by atoms with Crippen LogP contribution in [0, 0.1) is 0 Å². The van der Waals surface area contributed by atoms with Crippen LogP contribution in [0.25, 0.3) is 11.1 Å². The molecule has 0 bridgehead atoms. The van der Waals surface area contributed by atoms with E-state index >= 15 is 0 Å². The van der Waals surface area contributed by atoms with E-state index in [4.69, 9.17) is 4.98 Å². The molecule has 4 aromatic rings. The van der Waals surface area contributed by atoms with E-state index in [1.165, 1.54) is 11.1 Å². The van der Waals surface area contributed by atoms with Crippen molar-refractivity contribution in [1.82, 2.24) is 14.9 Å². The van der Waals surface area contributed by atoms with E-state index in [-0.39, 0.29) is 22.3 Å². The Bertz CT molecular complexity index is 1610. The van der Waals surface area contributed by atoms with Gasteiger partial charge < -0.3 is 9.88 Å². The van der Waals surface area contributed by atoms with Crippen molar-refractivity contribution in [2.24, 2.45) is 0 Å². The quantitative estimate of drug-likeness (QED) is 0.327. The minimum atomic E-state index is -0.186. The minimum absolute atomic E-state index is 0.0415. The van der Waals surface area contributed by atoms with Crippen molar-refractivity contribution >= 4 is 5.91 Å². The summed E-state index contributed by atoms with van der Waals surface area (Å²) in [6, 6.07) is 27.2. The third-order valence-electron chi connectivity index (χ3n) is 8.52. The third kappa shape index (κ3) is 5.13. The van der Waals surface area contributed by atoms with Crippen molar-refractivity contribution in [1.29, 1.82) is 0 Å². The molecule has 0 atom stereocenters. The Morgan fingerprint density at radius 2 is 1.68 bits per heavy atom. The fourth-order valence-corrected chi connectivity index (χ4v) is 5.92. The third-order valence-corrected chi connectivity index (χ3v) is 8.52. The lowest BCUT2D eigenvalue weighted by Gasteiger charge is -2.21. The van der Waals surface area contributed by atoms with Crippen molar-refractivity contribution < 1.29 is 4.79 Å². The van der Waals surface area contributed by atoms with Crippen molar-refractivity contribution in [3.8, 4) is 11.1 Å². The number of benzene rings is 3. The molecule has 1 saturated carbocycles. The van der Waals surface area contributed by atoms with Gasteiger partial charge in [-0.15, -0.1) is 0 Å². The average Bonchev–Trinajstić information content (AvgIpc) is 3.78. The van der Waals surface area contributed by atoms with Crippen molar-refractivity contribution in [2.45, 2.75) is 70.3 Å². The van der Waals surface area contributed by atoms with Gasteiger partial charge in [0.15, 0.2) is 0 Å². The molecule has 0 saturated heterocycles. The standard InChI is InChI=1S/C35H37N3O2/c1-34(2,3)28-15-8-12-26(22-28)25-11-7-10-24(20-25)21-31(39)38-19-9-16-30-29(23-38)32(40)37-33(36-30)35(17-18-35)27-13-5-4-6-14-27/h4-8,10-15,20,22H,9,16-19,21,23H2,1-3H3,(H,36,37,40). The summed E-state index contributed by atoms with van der Waals surface area (Å²) in [5.74, 6) is 0.814. The summed E-state index contributed by atoms with van der Waals surface area (Å²) < 4.78 is 0. The fraction of sp³-hybridized carbons (Fsp3) is 0.343. The summed E-state index contributed by atoms with van der Waals surface area (Å²) in [7, 11) is 0. The van der Waals surface area contributed by atoms with E-state index < -0.39 is 0 Å². The largest absolute Gasteiger partial charge is 0.338 e. The predicted octanol–water partition coefficient (Wildman–Crippen LogP) is 6.33. The number of fused-ring (bicyclic) bond motifs is 1. The SMILES string of the molecule is CC(C)(C)c1cccc(-c2cccc(CC(=O)N3CCCc4nc(C5(c6ccccc6)CC5)[nH]c(=O)c4C3)c2)c1. The molecule has 5 heteroatoms. The average molecular weight is 532 g/mol. The molecule has 1 aliphatic carbocycles. The number of H-pyrrole nitrogens is 1. The molecule has 5 nitrogen and oxygen atoms in total. The van der Waals surface area contributed by atoms with Crippen LogP contribution in [-0.4, -0.2) is 27.3 Å². The van der Waals surface area contributed by atoms with Crippen LogP contribution in [0.2, 0.25) is 0 Å². The molecule has 1 amide bonds. The van der Waals surface area contributed by atoms with Crippen molar-refractivity contribution in [3.05, 3.63) is 123 Å². The zero-order chi connectivity index (χ0) is 27.9. The highest BCUT2D eigenvalue weighted by Crippen LogP contribution is 2.51. The van der Waals surface area contributed by atoms with Gasteiger partial charge in [-0.1, -0.05) is 99.6 Å². The summed E-state index contributed by atoms with van der Waals surface area (Å²) >= 11 is 0. The second-order valence-electron chi connectivity index (χ2n) is 12.4. The second-order valence-corrected chi connectivity index (χ2v) is 12.4. The number of nitrogens with zero attached hydrogens (tertiary/aromatic N) is 2. The lowest BCUT2D eigenvalue weighted by molar-refractivity contribution is -0.131. The van der Waals surface area contributed by atoms with Gasteiger partial charge in [0.25, 0.3) is 5.56 Å². The van der Waals surface area contributed by atoms with E-state index in [1.807, 2.05) is 35.2 Å². The van der Waals surface area contributed by atoms with Gasteiger partial charge in [-0.3, -0.25) is 9.59 Å². The molecule has 0 radical (unpaired) electrons. The Morgan fingerprint density at radius 3 is 2.40 bits per heavy atom. The maximum absolute atomic E-state index is 13.5. The van der Waals surface area contributed by atoms with Crippen LogP contribution >= 0.6 is 0 Å². The van der Waals surface area contributed by atoms with Crippen molar-refractivity contribution in [3.63, 3.8) is 0 Å². The van der Waals surface area contributed by atoms with Crippen LogP contribution in [0.5, 0.6) is 0 Å². The monoisotopic (exact) mass is 531 g/mol. The number of carbonyl (C=O) groups excluding carboxylic acids is 1. The molecule has 1 N–H and O–H groups in total. The second kappa shape index (κ2) is 10.2. The van der Waals surface area contributed by atoms with Crippen LogP contribution in [0.15, 0.2) is 83.7 Å². The maximum atomic E-state index is 13.5. The summed E-state index contributed by atoms with van der Waals surface area (Å²) in [5, 5.41) is 0. The van der Waals surface area contributed by atoms with Gasteiger partial charge in [0, 0.05) is 6.54 Å². The first-order valence-electron chi connectivity index (χ1n) is 14.4. The molecular weight excluding hydrogens is 494 g/mol. The first kappa shape index (κ1) is 26.2. The number of aromatic nitrogens is 2. The Morgan fingerprint density at radius 1 is 0.950 bits per heavy atom. The van der Waals surface area contributed by atoms with Crippen LogP contribution in [0.4, 0.5) is 0 Å². The van der Waals surface area contributed by atoms with Gasteiger partial charge in [-0.05, 0) is 58.9 Å². The zero-order valence-corrected chi connectivity index (χ0v) is 23.7. The lowest BCUT2D eigenvalue weighted by Crippen LogP contribution is -2.34. The fourth-order valence-electron chi connectivity index (χ4n) is 5.92. The molecule has 1 fully saturated rings. The van der Waals surface area contributed by atoms with Gasteiger partial charge in [-0.2, -0.15) is 0 Å². The predicted molar refractivity (Wildman–Crippen MR) is 159 cm³/mol. The number of nitrogens with one attached hydrogen (secondary N) is 1. The van der Waals surface area contributed by atoms with E-state index in [2.05, 4.69) is 74.3 Å². The molecule has 204 valence electrons. The maximum Gasteiger partial charge on any atom is 0.256 e. The molecule has 6 rings (SSSR count). The van der Waals surface area contributed by atoms with Crippen molar-refractivity contribution in [2.75, 3.05) is 6.54 Å². The highest BCUT2D eigenvalue weighted by molar-refractivity contribution is 5.79. The van der Waals surface area contributed by atoms with Gasteiger partial charge >= 0.3 is 0 Å². The van der Waals surface area contributed by atoms with Gasteiger partial charge in [0.2, 0.25) is 5.91 Å². The Balaban J connectivity index is 1.21. The van der Waals surface area contributed by atoms with E-state index in [0.717, 1.165) is 47.5 Å². The summed E-state index contributed by atoms with van der Waals surface area (Å²) in [5.41, 5.74) is 6.99. The number of aryl methyl sites for hydroxylation is 1. The van der Waals surface area contributed by atoms with E-state index in [0.29, 0.717) is 31.5 Å². The molecule has 3 aromatic carbocycles. The summed E-state index contributed by atoms with van der Waals surface area (Å²) in [6.07, 6.45) is 3.79. The number of carbonyl (C=O) groups is 1. The van der Waals surface area contributed by atoms with Crippen LogP contribution in [0.3, 0.4) is 0 Å². The minimum Gasteiger partial charge on any atom is -0.338 e. The molecule has 0 unspecified atom stereocenters. The van der Waals surface area contributed by atoms with Crippen LogP contribution in [-0.2, 0) is 35.0 Å². The first-order valence-corrected chi connectivity index (χ1v) is 14.4. The number of hydrogen-bond acceptors (Lipinski definition) is 3. The Kier molecular flexibility index (Phi) is 6.69. The van der Waals surface area contributed by atoms with Crippen LogP contribution < -0.4 is 5.56 Å². The normalized spacial score (nSPS) is 16.2. The summed E-state index contributed by atoms with van der Waals surface area (Å²) in [6.45, 7) is 7.59. The Labute approximate surface area is 236 Å². The van der Waals surface area contributed by atoms with Gasteiger partial charge in [0.1, 0.15) is 5.82 Å². The molecular formula is C35H37N3O2. The topological polar surface area (TPSA) is 66.1 Å². The van der Waals surface area contributed by atoms with Crippen LogP contribution in [0.1, 0.15) is 73.8 Å². The lowest BCUT2D eigenvalue weighted by atomic mass is 9.85. The highest BCUT2D eigenvalue weighted by atomic mass is 16.2. The summed E-state index contributed by atoms with van der Waals surface area (Å²) in [4.78, 5) is 36.8. The number of rotatable bonds is 5. The zero-order valence-electron chi connectivity index (χ0n) is 23.7. The first-order chi connectivity index (χ1) is 19.2. The smallest absolute Gasteiger partial charge is 0.256 e. The molecule has 2 heterocycles. The highest BCUT2D eigenvalue weighted by Gasteiger charge is 2.48. The number of hydrogen-bond donors (Lipinski definition) is 1. The van der Waals surface area contributed by atoms with Gasteiger partial charge in [-0.25, -0.2) is 4.98 Å². The molecule has 40 heavy (non-hydrogen) atoms. The van der Waals surface area contributed by atoms with E-state index in [1.54, 1.807) is 0 Å². The molecule has 2 aliphatic rings. The van der Waals surface area contributed by atoms with E-state index in [9.17, 15) is 9.59 Å². The van der Waals surface area contributed by atoms with Gasteiger partial charge in [0.05, 0.1) is 29.6 Å². The Hall–Kier alpha value is -3.99. The number of aromatic amines is 1.